The third kappa shape index (κ3) is 2.28. The van der Waals surface area contributed by atoms with Crippen molar-refractivity contribution in [3.05, 3.63) is 34.6 Å². The van der Waals surface area contributed by atoms with Gasteiger partial charge in [-0.25, -0.2) is 4.39 Å². The summed E-state index contributed by atoms with van der Waals surface area (Å²) in [6.45, 7) is 2.06. The Kier molecular flexibility index (Phi) is 3.76. The van der Waals surface area contributed by atoms with E-state index >= 15 is 0 Å². The van der Waals surface area contributed by atoms with Crippen LogP contribution in [-0.2, 0) is 6.42 Å². The fourth-order valence-electron chi connectivity index (χ4n) is 1.77. The molecule has 96 valence electrons. The van der Waals surface area contributed by atoms with E-state index in [-0.39, 0.29) is 5.75 Å². The summed E-state index contributed by atoms with van der Waals surface area (Å²) in [5.41, 5.74) is 0.746. The van der Waals surface area contributed by atoms with E-state index in [4.69, 9.17) is 17.0 Å². The molecule has 0 bridgehead atoms. The first-order valence-electron chi connectivity index (χ1n) is 5.67. The molecule has 0 saturated heterocycles. The highest BCUT2D eigenvalue weighted by atomic mass is 32.1. The number of methoxy groups -OCH3 is 1. The van der Waals surface area contributed by atoms with Crippen LogP contribution in [0.3, 0.4) is 0 Å². The number of halogens is 1. The smallest absolute Gasteiger partial charge is 0.199 e. The minimum absolute atomic E-state index is 0.193. The lowest BCUT2D eigenvalue weighted by atomic mass is 10.2. The third-order valence-electron chi connectivity index (χ3n) is 2.61. The van der Waals surface area contributed by atoms with Crippen LogP contribution in [0.25, 0.3) is 5.69 Å². The van der Waals surface area contributed by atoms with E-state index in [9.17, 15) is 4.39 Å². The summed E-state index contributed by atoms with van der Waals surface area (Å²) in [7, 11) is 1.43. The Morgan fingerprint density at radius 2 is 2.28 bits per heavy atom. The fraction of sp³-hybridized carbons (Fsp3) is 0.333. The normalized spacial score (nSPS) is 10.6. The molecule has 6 heteroatoms. The van der Waals surface area contributed by atoms with Gasteiger partial charge in [0.25, 0.3) is 0 Å². The van der Waals surface area contributed by atoms with Crippen molar-refractivity contribution >= 4 is 12.2 Å². The average Bonchev–Trinajstić information content (AvgIpc) is 2.72. The van der Waals surface area contributed by atoms with E-state index in [1.165, 1.54) is 13.2 Å². The van der Waals surface area contributed by atoms with Crippen molar-refractivity contribution in [2.75, 3.05) is 7.11 Å². The van der Waals surface area contributed by atoms with Gasteiger partial charge in [0.15, 0.2) is 16.3 Å². The van der Waals surface area contributed by atoms with Gasteiger partial charge in [0.2, 0.25) is 0 Å². The van der Waals surface area contributed by atoms with Gasteiger partial charge in [-0.15, -0.1) is 0 Å². The second-order valence-corrected chi connectivity index (χ2v) is 4.24. The summed E-state index contributed by atoms with van der Waals surface area (Å²) in [4.78, 5) is 0. The van der Waals surface area contributed by atoms with Crippen LogP contribution in [0.15, 0.2) is 18.2 Å². The second kappa shape index (κ2) is 5.30. The minimum Gasteiger partial charge on any atom is -0.494 e. The lowest BCUT2D eigenvalue weighted by Gasteiger charge is -2.08. The Morgan fingerprint density at radius 3 is 2.94 bits per heavy atom. The van der Waals surface area contributed by atoms with Crippen LogP contribution in [-0.4, -0.2) is 21.9 Å². The summed E-state index contributed by atoms with van der Waals surface area (Å²) < 4.78 is 20.6. The first-order valence-corrected chi connectivity index (χ1v) is 6.08. The molecule has 1 heterocycles. The summed E-state index contributed by atoms with van der Waals surface area (Å²) >= 11 is 5.19. The van der Waals surface area contributed by atoms with Crippen molar-refractivity contribution < 1.29 is 9.13 Å². The molecular formula is C12H14FN3OS. The topological polar surface area (TPSA) is 42.8 Å². The average molecular weight is 267 g/mol. The number of hydrogen-bond acceptors (Lipinski definition) is 3. The molecule has 0 fully saturated rings. The molecule has 0 amide bonds. The predicted octanol–water partition coefficient (Wildman–Crippen LogP) is 3.03. The Bertz CT molecular complexity index is 606. The molecule has 0 aliphatic rings. The van der Waals surface area contributed by atoms with E-state index in [0.29, 0.717) is 4.77 Å². The summed E-state index contributed by atoms with van der Waals surface area (Å²) in [5, 5.41) is 6.92. The largest absolute Gasteiger partial charge is 0.494 e. The highest BCUT2D eigenvalue weighted by molar-refractivity contribution is 7.71. The molecule has 18 heavy (non-hydrogen) atoms. The van der Waals surface area contributed by atoms with Crippen LogP contribution in [0.2, 0.25) is 0 Å². The zero-order valence-corrected chi connectivity index (χ0v) is 11.1. The lowest BCUT2D eigenvalue weighted by Crippen LogP contribution is -2.02. The predicted molar refractivity (Wildman–Crippen MR) is 69.3 cm³/mol. The fourth-order valence-corrected chi connectivity index (χ4v) is 2.03. The zero-order chi connectivity index (χ0) is 13.1. The van der Waals surface area contributed by atoms with E-state index in [1.807, 2.05) is 0 Å². The van der Waals surface area contributed by atoms with Gasteiger partial charge < -0.3 is 4.74 Å². The van der Waals surface area contributed by atoms with Crippen LogP contribution < -0.4 is 4.74 Å². The van der Waals surface area contributed by atoms with Gasteiger partial charge in [-0.05, 0) is 30.8 Å². The number of nitrogens with one attached hydrogen (secondary N) is 1. The number of benzene rings is 1. The monoisotopic (exact) mass is 267 g/mol. The molecule has 1 aromatic heterocycles. The first-order chi connectivity index (χ1) is 8.67. The van der Waals surface area contributed by atoms with Gasteiger partial charge in [-0.1, -0.05) is 6.92 Å². The molecule has 1 aromatic carbocycles. The second-order valence-electron chi connectivity index (χ2n) is 3.85. The van der Waals surface area contributed by atoms with Crippen LogP contribution in [0.4, 0.5) is 4.39 Å². The molecule has 2 rings (SSSR count). The lowest BCUT2D eigenvalue weighted by molar-refractivity contribution is 0.386. The van der Waals surface area contributed by atoms with E-state index in [1.54, 1.807) is 16.7 Å². The number of H-pyrrole nitrogens is 1. The maximum absolute atomic E-state index is 13.4. The first kappa shape index (κ1) is 12.8. The molecule has 0 spiro atoms. The minimum atomic E-state index is -0.395. The van der Waals surface area contributed by atoms with Gasteiger partial charge in [-0.2, -0.15) is 5.10 Å². The highest BCUT2D eigenvalue weighted by Crippen LogP contribution is 2.22. The SMILES string of the molecule is CCCc1n[nH]c(=S)n1-c1ccc(F)c(OC)c1. The van der Waals surface area contributed by atoms with Crippen LogP contribution in [0, 0.1) is 10.6 Å². The molecule has 0 unspecified atom stereocenters. The molecule has 0 atom stereocenters. The molecule has 4 nitrogen and oxygen atoms in total. The highest BCUT2D eigenvalue weighted by Gasteiger charge is 2.10. The van der Waals surface area contributed by atoms with E-state index < -0.39 is 5.82 Å². The van der Waals surface area contributed by atoms with Crippen molar-refractivity contribution in [2.24, 2.45) is 0 Å². The summed E-state index contributed by atoms with van der Waals surface area (Å²) in [5.74, 6) is 0.627. The van der Waals surface area contributed by atoms with Crippen molar-refractivity contribution in [3.8, 4) is 11.4 Å². The molecule has 0 radical (unpaired) electrons. The molecule has 0 saturated carbocycles. The molecule has 0 aliphatic carbocycles. The number of aryl methyl sites for hydroxylation is 1. The van der Waals surface area contributed by atoms with Crippen molar-refractivity contribution in [3.63, 3.8) is 0 Å². The molecule has 1 N–H and O–H groups in total. The van der Waals surface area contributed by atoms with Crippen LogP contribution in [0.1, 0.15) is 19.2 Å². The van der Waals surface area contributed by atoms with Crippen LogP contribution in [0.5, 0.6) is 5.75 Å². The number of hydrogen-bond donors (Lipinski definition) is 1. The Balaban J connectivity index is 2.54. The zero-order valence-electron chi connectivity index (χ0n) is 10.2. The number of ether oxygens (including phenoxy) is 1. The maximum Gasteiger partial charge on any atom is 0.199 e. The summed E-state index contributed by atoms with van der Waals surface area (Å²) in [6.07, 6.45) is 1.75. The molecule has 0 aliphatic heterocycles. The van der Waals surface area contributed by atoms with E-state index in [0.717, 1.165) is 24.4 Å². The number of aromatic nitrogens is 3. The Hall–Kier alpha value is -1.69. The van der Waals surface area contributed by atoms with Crippen LogP contribution >= 0.6 is 12.2 Å². The Labute approximate surface area is 109 Å². The van der Waals surface area contributed by atoms with Gasteiger partial charge in [-0.3, -0.25) is 9.67 Å². The van der Waals surface area contributed by atoms with Crippen molar-refractivity contribution in [2.45, 2.75) is 19.8 Å². The van der Waals surface area contributed by atoms with Gasteiger partial charge in [0.05, 0.1) is 12.8 Å². The number of aromatic amines is 1. The third-order valence-corrected chi connectivity index (χ3v) is 2.88. The Morgan fingerprint density at radius 1 is 1.50 bits per heavy atom. The molecule has 2 aromatic rings. The number of rotatable bonds is 4. The van der Waals surface area contributed by atoms with Gasteiger partial charge >= 0.3 is 0 Å². The maximum atomic E-state index is 13.4. The molecular weight excluding hydrogens is 253 g/mol. The van der Waals surface area contributed by atoms with E-state index in [2.05, 4.69) is 17.1 Å². The standard InChI is InChI=1S/C12H14FN3OS/c1-3-4-11-14-15-12(18)16(11)8-5-6-9(13)10(7-8)17-2/h5-7H,3-4H2,1-2H3,(H,15,18). The number of nitrogens with zero attached hydrogens (tertiary/aromatic N) is 2. The van der Waals surface area contributed by atoms with Gasteiger partial charge in [0.1, 0.15) is 5.82 Å². The van der Waals surface area contributed by atoms with Crippen molar-refractivity contribution in [1.29, 1.82) is 0 Å². The quantitative estimate of drug-likeness (QED) is 0.866. The van der Waals surface area contributed by atoms with Crippen molar-refractivity contribution in [1.82, 2.24) is 14.8 Å². The summed E-state index contributed by atoms with van der Waals surface area (Å²) in [6, 6.07) is 4.63. The van der Waals surface area contributed by atoms with Gasteiger partial charge in [0, 0.05) is 12.5 Å².